The molecule has 2 aliphatic rings. The fourth-order valence-electron chi connectivity index (χ4n) is 3.78. The van der Waals surface area contributed by atoms with Crippen LogP contribution in [-0.2, 0) is 5.54 Å². The highest BCUT2D eigenvalue weighted by atomic mass is 35.5. The van der Waals surface area contributed by atoms with E-state index in [9.17, 15) is 4.79 Å². The lowest BCUT2D eigenvalue weighted by molar-refractivity contribution is 0.102. The van der Waals surface area contributed by atoms with Crippen molar-refractivity contribution in [1.82, 2.24) is 9.97 Å². The Morgan fingerprint density at radius 2 is 2.15 bits per heavy atom. The van der Waals surface area contributed by atoms with Crippen molar-refractivity contribution in [2.45, 2.75) is 24.8 Å². The van der Waals surface area contributed by atoms with Crippen LogP contribution in [0.3, 0.4) is 0 Å². The molecule has 1 amide bonds. The molecular formula is C18H21Cl2N5OS. The summed E-state index contributed by atoms with van der Waals surface area (Å²) in [7, 11) is 0. The van der Waals surface area contributed by atoms with Crippen LogP contribution in [0.2, 0.25) is 0 Å². The number of carbonyl (C=O) groups is 1. The molecule has 2 aromatic rings. The molecule has 1 aliphatic heterocycles. The van der Waals surface area contributed by atoms with Gasteiger partial charge < -0.3 is 11.1 Å². The van der Waals surface area contributed by atoms with Crippen molar-refractivity contribution in [3.63, 3.8) is 0 Å². The Labute approximate surface area is 174 Å². The normalized spacial score (nSPS) is 23.3. The number of anilines is 1. The first-order valence-corrected chi connectivity index (χ1v) is 9.32. The summed E-state index contributed by atoms with van der Waals surface area (Å²) in [6.45, 7) is 0. The zero-order chi connectivity index (χ0) is 17.3. The van der Waals surface area contributed by atoms with E-state index in [1.54, 1.807) is 24.0 Å². The maximum atomic E-state index is 12.3. The molecule has 4 rings (SSSR count). The van der Waals surface area contributed by atoms with Crippen LogP contribution in [0.5, 0.6) is 0 Å². The highest BCUT2D eigenvalue weighted by molar-refractivity contribution is 8.13. The maximum Gasteiger partial charge on any atom is 0.274 e. The van der Waals surface area contributed by atoms with Crippen molar-refractivity contribution in [3.05, 3.63) is 54.1 Å². The zero-order valence-electron chi connectivity index (χ0n) is 14.5. The van der Waals surface area contributed by atoms with Gasteiger partial charge in [0.05, 0.1) is 5.54 Å². The van der Waals surface area contributed by atoms with Gasteiger partial charge in [-0.3, -0.25) is 9.79 Å². The molecular weight excluding hydrogens is 405 g/mol. The summed E-state index contributed by atoms with van der Waals surface area (Å²) in [4.78, 5) is 25.0. The predicted octanol–water partition coefficient (Wildman–Crippen LogP) is 3.63. The van der Waals surface area contributed by atoms with Gasteiger partial charge in [-0.25, -0.2) is 9.97 Å². The lowest BCUT2D eigenvalue weighted by Crippen LogP contribution is -2.36. The maximum absolute atomic E-state index is 12.3. The highest BCUT2D eigenvalue weighted by Gasteiger charge is 2.46. The molecule has 2 atom stereocenters. The molecule has 0 spiro atoms. The molecule has 9 heteroatoms. The standard InChI is InChI=1S/C18H19N5OS.2ClH/c19-17-23-18(7-2-4-13(18)10-25-17)12-3-1-5-14(9-12)22-16(24)15-6-8-20-11-21-15;;/h1,3,5-6,8-9,11,13H,2,4,7,10H2,(H2,19,23)(H,22,24);2*1H/t13?,18-;;/m1../s1. The van der Waals surface area contributed by atoms with Crippen molar-refractivity contribution in [2.24, 2.45) is 16.6 Å². The first-order valence-electron chi connectivity index (χ1n) is 8.33. The summed E-state index contributed by atoms with van der Waals surface area (Å²) in [5, 5.41) is 3.57. The Kier molecular flexibility index (Phi) is 7.08. The number of nitrogens with two attached hydrogens (primary N) is 1. The minimum atomic E-state index is -0.248. The Morgan fingerprint density at radius 3 is 2.93 bits per heavy atom. The van der Waals surface area contributed by atoms with E-state index in [0.717, 1.165) is 29.8 Å². The molecule has 1 aromatic heterocycles. The molecule has 1 aliphatic carbocycles. The average Bonchev–Trinajstić information content (AvgIpc) is 3.07. The van der Waals surface area contributed by atoms with E-state index in [-0.39, 0.29) is 36.3 Å². The molecule has 1 unspecified atom stereocenters. The SMILES string of the molecule is Cl.Cl.NC1=N[C@@]2(c3cccc(NC(=O)c4ccncn4)c3)CCCC2CS1. The van der Waals surface area contributed by atoms with Crippen LogP contribution in [-0.4, -0.2) is 26.8 Å². The molecule has 0 bridgehead atoms. The molecule has 0 saturated heterocycles. The zero-order valence-corrected chi connectivity index (χ0v) is 16.9. The largest absolute Gasteiger partial charge is 0.379 e. The fraction of sp³-hybridized carbons (Fsp3) is 0.333. The van der Waals surface area contributed by atoms with E-state index >= 15 is 0 Å². The van der Waals surface area contributed by atoms with E-state index in [1.807, 2.05) is 18.2 Å². The van der Waals surface area contributed by atoms with Gasteiger partial charge in [-0.05, 0) is 42.5 Å². The second-order valence-electron chi connectivity index (χ2n) is 6.40. The molecule has 144 valence electrons. The minimum absolute atomic E-state index is 0. The van der Waals surface area contributed by atoms with Crippen molar-refractivity contribution >= 4 is 53.3 Å². The first-order chi connectivity index (χ1) is 12.2. The number of hydrogen-bond acceptors (Lipinski definition) is 6. The smallest absolute Gasteiger partial charge is 0.274 e. The molecule has 27 heavy (non-hydrogen) atoms. The minimum Gasteiger partial charge on any atom is -0.379 e. The highest BCUT2D eigenvalue weighted by Crippen LogP contribution is 2.50. The average molecular weight is 426 g/mol. The quantitative estimate of drug-likeness (QED) is 0.782. The summed E-state index contributed by atoms with van der Waals surface area (Å²) in [5.74, 6) is 1.26. The summed E-state index contributed by atoms with van der Waals surface area (Å²) in [6, 6.07) is 9.54. The third-order valence-electron chi connectivity index (χ3n) is 4.96. The number of thioether (sulfide) groups is 1. The lowest BCUT2D eigenvalue weighted by Gasteiger charge is -2.36. The summed E-state index contributed by atoms with van der Waals surface area (Å²) < 4.78 is 0. The molecule has 3 N–H and O–H groups in total. The number of carbonyl (C=O) groups excluding carboxylic acids is 1. The van der Waals surface area contributed by atoms with Crippen LogP contribution in [0.25, 0.3) is 0 Å². The van der Waals surface area contributed by atoms with Gasteiger partial charge in [-0.1, -0.05) is 30.3 Å². The molecule has 2 heterocycles. The van der Waals surface area contributed by atoms with Gasteiger partial charge in [0, 0.05) is 17.6 Å². The molecule has 1 saturated carbocycles. The van der Waals surface area contributed by atoms with E-state index in [0.29, 0.717) is 16.8 Å². The fourth-order valence-corrected chi connectivity index (χ4v) is 4.82. The number of amidine groups is 1. The topological polar surface area (TPSA) is 93.3 Å². The number of nitrogens with one attached hydrogen (secondary N) is 1. The third-order valence-corrected chi connectivity index (χ3v) is 5.92. The van der Waals surface area contributed by atoms with Gasteiger partial charge in [0.1, 0.15) is 12.0 Å². The Bertz CT molecular complexity index is 836. The van der Waals surface area contributed by atoms with Gasteiger partial charge in [0.25, 0.3) is 5.91 Å². The Balaban J connectivity index is 0.00000131. The van der Waals surface area contributed by atoms with Crippen molar-refractivity contribution in [2.75, 3.05) is 11.1 Å². The van der Waals surface area contributed by atoms with Gasteiger partial charge in [0.15, 0.2) is 5.17 Å². The van der Waals surface area contributed by atoms with Crippen LogP contribution in [0.1, 0.15) is 35.3 Å². The van der Waals surface area contributed by atoms with Gasteiger partial charge in [0.2, 0.25) is 0 Å². The van der Waals surface area contributed by atoms with Gasteiger partial charge in [-0.2, -0.15) is 0 Å². The second kappa shape index (κ2) is 8.91. The number of hydrogen-bond donors (Lipinski definition) is 2. The molecule has 1 fully saturated rings. The first kappa shape index (κ1) is 21.5. The third kappa shape index (κ3) is 4.20. The number of aromatic nitrogens is 2. The van der Waals surface area contributed by atoms with E-state index in [1.165, 1.54) is 12.7 Å². The number of amides is 1. The summed E-state index contributed by atoms with van der Waals surface area (Å²) >= 11 is 1.64. The number of benzene rings is 1. The molecule has 6 nitrogen and oxygen atoms in total. The summed E-state index contributed by atoms with van der Waals surface area (Å²) in [5.41, 5.74) is 8.00. The van der Waals surface area contributed by atoms with Crippen LogP contribution in [0.15, 0.2) is 47.8 Å². The monoisotopic (exact) mass is 425 g/mol. The number of halogens is 2. The van der Waals surface area contributed by atoms with Gasteiger partial charge in [-0.15, -0.1) is 24.8 Å². The van der Waals surface area contributed by atoms with Crippen molar-refractivity contribution in [1.29, 1.82) is 0 Å². The van der Waals surface area contributed by atoms with E-state index in [2.05, 4.69) is 21.4 Å². The van der Waals surface area contributed by atoms with Crippen molar-refractivity contribution in [3.8, 4) is 0 Å². The number of fused-ring (bicyclic) bond motifs is 1. The number of rotatable bonds is 3. The number of aliphatic imine (C=N–C) groups is 1. The number of nitrogens with zero attached hydrogens (tertiary/aromatic N) is 3. The van der Waals surface area contributed by atoms with Crippen LogP contribution in [0.4, 0.5) is 5.69 Å². The van der Waals surface area contributed by atoms with E-state index < -0.39 is 0 Å². The molecule has 0 radical (unpaired) electrons. The van der Waals surface area contributed by atoms with Crippen LogP contribution >= 0.6 is 36.6 Å². The lowest BCUT2D eigenvalue weighted by atomic mass is 9.81. The second-order valence-corrected chi connectivity index (χ2v) is 7.44. The van der Waals surface area contributed by atoms with Crippen LogP contribution < -0.4 is 11.1 Å². The van der Waals surface area contributed by atoms with Crippen LogP contribution in [0, 0.1) is 5.92 Å². The van der Waals surface area contributed by atoms with E-state index in [4.69, 9.17) is 10.7 Å². The van der Waals surface area contributed by atoms with Crippen molar-refractivity contribution < 1.29 is 4.79 Å². The van der Waals surface area contributed by atoms with Gasteiger partial charge >= 0.3 is 0 Å². The Hall–Kier alpha value is -1.83. The summed E-state index contributed by atoms with van der Waals surface area (Å²) in [6.07, 6.45) is 6.24. The Morgan fingerprint density at radius 1 is 1.30 bits per heavy atom. The molecule has 1 aromatic carbocycles. The predicted molar refractivity (Wildman–Crippen MR) is 114 cm³/mol.